The third-order valence-corrected chi connectivity index (χ3v) is 7.55. The lowest BCUT2D eigenvalue weighted by molar-refractivity contribution is -0.135. The van der Waals surface area contributed by atoms with Gasteiger partial charge in [-0.1, -0.05) is 17.7 Å². The van der Waals surface area contributed by atoms with Crippen LogP contribution in [0.2, 0.25) is 0 Å². The average molecular weight is 380 g/mol. The van der Waals surface area contributed by atoms with Crippen molar-refractivity contribution < 1.29 is 13.2 Å². The second-order valence-electron chi connectivity index (χ2n) is 7.64. The van der Waals surface area contributed by atoms with Crippen molar-refractivity contribution in [3.8, 4) is 0 Å². The fourth-order valence-corrected chi connectivity index (χ4v) is 6.37. The van der Waals surface area contributed by atoms with Gasteiger partial charge in [0.1, 0.15) is 6.04 Å². The van der Waals surface area contributed by atoms with Crippen molar-refractivity contribution in [2.75, 3.05) is 26.2 Å². The molecule has 2 unspecified atom stereocenters. The Balaban J connectivity index is 1.91. The minimum atomic E-state index is -3.69. The van der Waals surface area contributed by atoms with Gasteiger partial charge in [0.05, 0.1) is 4.90 Å². The molecule has 2 aliphatic heterocycles. The van der Waals surface area contributed by atoms with Crippen LogP contribution in [0.25, 0.3) is 0 Å². The average Bonchev–Trinajstić information content (AvgIpc) is 3.03. The molecule has 2 saturated heterocycles. The number of aryl methyl sites for hydroxylation is 3. The molecule has 7 heteroatoms. The van der Waals surface area contributed by atoms with Gasteiger partial charge in [0.2, 0.25) is 15.9 Å². The first-order valence-corrected chi connectivity index (χ1v) is 10.8. The van der Waals surface area contributed by atoms with Crippen molar-refractivity contribution in [1.29, 1.82) is 0 Å². The minimum absolute atomic E-state index is 0.0538. The zero-order valence-electron chi connectivity index (χ0n) is 16.1. The van der Waals surface area contributed by atoms with Crippen molar-refractivity contribution in [3.05, 3.63) is 28.8 Å². The molecule has 0 bridgehead atoms. The number of piperazine rings is 1. The van der Waals surface area contributed by atoms with Crippen LogP contribution in [0.5, 0.6) is 0 Å². The van der Waals surface area contributed by atoms with E-state index in [1.54, 1.807) is 0 Å². The molecule has 0 spiro atoms. The monoisotopic (exact) mass is 379 g/mol. The van der Waals surface area contributed by atoms with Gasteiger partial charge in [-0.05, 0) is 51.7 Å². The first-order valence-electron chi connectivity index (χ1n) is 9.33. The zero-order chi connectivity index (χ0) is 19.1. The molecule has 2 atom stereocenters. The van der Waals surface area contributed by atoms with Crippen LogP contribution >= 0.6 is 0 Å². The van der Waals surface area contributed by atoms with Crippen LogP contribution in [0, 0.1) is 20.8 Å². The maximum Gasteiger partial charge on any atom is 0.244 e. The van der Waals surface area contributed by atoms with E-state index in [-0.39, 0.29) is 11.9 Å². The number of benzene rings is 1. The van der Waals surface area contributed by atoms with Gasteiger partial charge in [0.25, 0.3) is 0 Å². The van der Waals surface area contributed by atoms with Gasteiger partial charge >= 0.3 is 0 Å². The van der Waals surface area contributed by atoms with Gasteiger partial charge in [-0.15, -0.1) is 0 Å². The summed E-state index contributed by atoms with van der Waals surface area (Å²) in [6, 6.07) is 3.45. The summed E-state index contributed by atoms with van der Waals surface area (Å²) >= 11 is 0. The maximum absolute atomic E-state index is 13.4. The fourth-order valence-electron chi connectivity index (χ4n) is 4.31. The highest BCUT2D eigenvalue weighted by atomic mass is 32.2. The van der Waals surface area contributed by atoms with E-state index in [9.17, 15) is 13.2 Å². The summed E-state index contributed by atoms with van der Waals surface area (Å²) in [5, 5.41) is 3.32. The van der Waals surface area contributed by atoms with Crippen molar-refractivity contribution in [3.63, 3.8) is 0 Å². The molecule has 0 saturated carbocycles. The van der Waals surface area contributed by atoms with Crippen molar-refractivity contribution in [2.45, 2.75) is 57.5 Å². The van der Waals surface area contributed by atoms with E-state index in [1.807, 2.05) is 44.7 Å². The van der Waals surface area contributed by atoms with Gasteiger partial charge in [-0.25, -0.2) is 8.42 Å². The number of hydrogen-bond donors (Lipinski definition) is 1. The first-order chi connectivity index (χ1) is 12.2. The number of carbonyl (C=O) groups excluding carboxylic acids is 1. The highest BCUT2D eigenvalue weighted by Gasteiger charge is 2.42. The Labute approximate surface area is 156 Å². The van der Waals surface area contributed by atoms with Crippen molar-refractivity contribution >= 4 is 15.9 Å². The second-order valence-corrected chi connectivity index (χ2v) is 9.47. The van der Waals surface area contributed by atoms with E-state index in [2.05, 4.69) is 5.32 Å². The summed E-state index contributed by atoms with van der Waals surface area (Å²) in [5.41, 5.74) is 2.54. The molecule has 0 radical (unpaired) electrons. The molecule has 144 valence electrons. The molecule has 1 aromatic carbocycles. The van der Waals surface area contributed by atoms with Crippen LogP contribution in [0.3, 0.4) is 0 Å². The van der Waals surface area contributed by atoms with Crippen LogP contribution in [0.1, 0.15) is 36.5 Å². The summed E-state index contributed by atoms with van der Waals surface area (Å²) in [6.07, 6.45) is 1.32. The topological polar surface area (TPSA) is 69.7 Å². The molecule has 26 heavy (non-hydrogen) atoms. The van der Waals surface area contributed by atoms with E-state index in [0.29, 0.717) is 31.0 Å². The minimum Gasteiger partial charge on any atom is -0.338 e. The number of rotatable bonds is 3. The number of nitrogens with one attached hydrogen (secondary N) is 1. The smallest absolute Gasteiger partial charge is 0.244 e. The molecule has 1 aromatic rings. The Kier molecular flexibility index (Phi) is 5.42. The van der Waals surface area contributed by atoms with E-state index < -0.39 is 16.1 Å². The summed E-state index contributed by atoms with van der Waals surface area (Å²) in [7, 11) is -3.69. The molecule has 0 aliphatic carbocycles. The lowest BCUT2D eigenvalue weighted by atomic mass is 10.1. The standard InChI is InChI=1S/C19H29N3O3S/c1-13-10-14(2)18(15(3)11-13)26(24,25)22-8-5-6-17(22)19(23)21-9-7-20-16(4)12-21/h10-11,16-17,20H,5-9,12H2,1-4H3. The van der Waals surface area contributed by atoms with Crippen LogP contribution in [0.15, 0.2) is 17.0 Å². The molecule has 6 nitrogen and oxygen atoms in total. The Bertz CT molecular complexity index is 783. The van der Waals surface area contributed by atoms with Crippen molar-refractivity contribution in [1.82, 2.24) is 14.5 Å². The van der Waals surface area contributed by atoms with E-state index in [0.717, 1.165) is 29.7 Å². The molecular formula is C19H29N3O3S. The summed E-state index contributed by atoms with van der Waals surface area (Å²) in [4.78, 5) is 15.2. The summed E-state index contributed by atoms with van der Waals surface area (Å²) in [5.74, 6) is -0.0538. The van der Waals surface area contributed by atoms with Gasteiger partial charge in [-0.2, -0.15) is 4.31 Å². The molecule has 1 N–H and O–H groups in total. The molecule has 2 fully saturated rings. The van der Waals surface area contributed by atoms with Crippen LogP contribution in [-0.2, 0) is 14.8 Å². The van der Waals surface area contributed by atoms with Crippen molar-refractivity contribution in [2.24, 2.45) is 0 Å². The quantitative estimate of drug-likeness (QED) is 0.866. The molecule has 2 aliphatic rings. The normalized spacial score (nSPS) is 24.8. The highest BCUT2D eigenvalue weighted by Crippen LogP contribution is 2.31. The van der Waals surface area contributed by atoms with Crippen LogP contribution < -0.4 is 5.32 Å². The third-order valence-electron chi connectivity index (χ3n) is 5.34. The second kappa shape index (κ2) is 7.29. The SMILES string of the molecule is Cc1cc(C)c(S(=O)(=O)N2CCCC2C(=O)N2CCNC(C)C2)c(C)c1. The van der Waals surface area contributed by atoms with E-state index in [1.165, 1.54) is 4.31 Å². The fraction of sp³-hybridized carbons (Fsp3) is 0.632. The van der Waals surface area contributed by atoms with Gasteiger partial charge in [-0.3, -0.25) is 4.79 Å². The van der Waals surface area contributed by atoms with Crippen LogP contribution in [-0.4, -0.2) is 61.8 Å². The highest BCUT2D eigenvalue weighted by molar-refractivity contribution is 7.89. The van der Waals surface area contributed by atoms with E-state index >= 15 is 0 Å². The summed E-state index contributed by atoms with van der Waals surface area (Å²) < 4.78 is 28.2. The maximum atomic E-state index is 13.4. The number of nitrogens with zero attached hydrogens (tertiary/aromatic N) is 2. The Morgan fingerprint density at radius 1 is 1.15 bits per heavy atom. The lowest BCUT2D eigenvalue weighted by Crippen LogP contribution is -2.56. The molecule has 2 heterocycles. The molecule has 1 amide bonds. The number of sulfonamides is 1. The Morgan fingerprint density at radius 3 is 2.42 bits per heavy atom. The predicted octanol–water partition coefficient (Wildman–Crippen LogP) is 1.59. The molecule has 0 aromatic heterocycles. The lowest BCUT2D eigenvalue weighted by Gasteiger charge is -2.35. The molecule has 3 rings (SSSR count). The van der Waals surface area contributed by atoms with Gasteiger partial charge in [0.15, 0.2) is 0 Å². The number of hydrogen-bond acceptors (Lipinski definition) is 4. The largest absolute Gasteiger partial charge is 0.338 e. The summed E-state index contributed by atoms with van der Waals surface area (Å²) in [6.45, 7) is 10.1. The first kappa shape index (κ1) is 19.3. The van der Waals surface area contributed by atoms with Gasteiger partial charge in [0, 0.05) is 32.2 Å². The van der Waals surface area contributed by atoms with E-state index in [4.69, 9.17) is 0 Å². The Morgan fingerprint density at radius 2 is 1.81 bits per heavy atom. The number of amides is 1. The third kappa shape index (κ3) is 3.52. The van der Waals surface area contributed by atoms with Gasteiger partial charge < -0.3 is 10.2 Å². The zero-order valence-corrected chi connectivity index (χ0v) is 16.9. The van der Waals surface area contributed by atoms with Crippen LogP contribution in [0.4, 0.5) is 0 Å². The Hall–Kier alpha value is -1.44. The predicted molar refractivity (Wildman–Crippen MR) is 102 cm³/mol. The number of carbonyl (C=O) groups is 1. The molecular weight excluding hydrogens is 350 g/mol.